The molecule has 4 aromatic rings. The molecule has 0 atom stereocenters. The Labute approximate surface area is 197 Å². The molecular formula is C25H25N3O3S2. The zero-order chi connectivity index (χ0) is 23.8. The Morgan fingerprint density at radius 2 is 1.88 bits per heavy atom. The van der Waals surface area contributed by atoms with Gasteiger partial charge in [-0.15, -0.1) is 0 Å². The molecule has 8 heteroatoms. The van der Waals surface area contributed by atoms with Crippen molar-refractivity contribution >= 4 is 42.4 Å². The first kappa shape index (κ1) is 23.1. The van der Waals surface area contributed by atoms with Crippen LogP contribution in [0.25, 0.3) is 10.2 Å². The number of amides is 1. The third-order valence-corrected chi connectivity index (χ3v) is 8.84. The highest BCUT2D eigenvalue weighted by molar-refractivity contribution is 7.92. The van der Waals surface area contributed by atoms with Crippen LogP contribution in [0.5, 0.6) is 0 Å². The van der Waals surface area contributed by atoms with E-state index >= 15 is 0 Å². The Morgan fingerprint density at radius 1 is 1.09 bits per heavy atom. The van der Waals surface area contributed by atoms with Crippen LogP contribution >= 0.6 is 11.3 Å². The van der Waals surface area contributed by atoms with Crippen molar-refractivity contribution in [3.63, 3.8) is 0 Å². The Hall–Kier alpha value is -3.10. The van der Waals surface area contributed by atoms with E-state index in [1.54, 1.807) is 43.3 Å². The van der Waals surface area contributed by atoms with Gasteiger partial charge in [-0.05, 0) is 74.7 Å². The fourth-order valence-corrected chi connectivity index (χ4v) is 5.59. The maximum atomic E-state index is 13.7. The molecule has 0 aliphatic rings. The summed E-state index contributed by atoms with van der Waals surface area (Å²) >= 11 is 1.44. The lowest BCUT2D eigenvalue weighted by Crippen LogP contribution is -2.30. The first-order valence-electron chi connectivity index (χ1n) is 10.6. The number of nitrogens with zero attached hydrogens (tertiary/aromatic N) is 3. The smallest absolute Gasteiger partial charge is 0.260 e. The molecule has 2 aromatic heterocycles. The van der Waals surface area contributed by atoms with Gasteiger partial charge in [0.1, 0.15) is 0 Å². The van der Waals surface area contributed by atoms with Crippen molar-refractivity contribution in [2.75, 3.05) is 4.90 Å². The van der Waals surface area contributed by atoms with Gasteiger partial charge in [-0.1, -0.05) is 29.5 Å². The molecule has 170 valence electrons. The molecule has 0 radical (unpaired) electrons. The standard InChI is InChI=1S/C25H25N3O3S2/c1-16(2)33(30,31)21-9-5-8-20(13-21)24(29)28(15-19-7-6-12-26-14-19)25-27-23-18(4)17(3)10-11-22(23)32-25/h5-14,16H,15H2,1-4H3. The number of fused-ring (bicyclic) bond motifs is 1. The van der Waals surface area contributed by atoms with E-state index < -0.39 is 15.1 Å². The maximum Gasteiger partial charge on any atom is 0.260 e. The van der Waals surface area contributed by atoms with Crippen LogP contribution in [0.4, 0.5) is 5.13 Å². The maximum absolute atomic E-state index is 13.7. The number of carbonyl (C=O) groups is 1. The summed E-state index contributed by atoms with van der Waals surface area (Å²) in [6.07, 6.45) is 3.39. The van der Waals surface area contributed by atoms with Gasteiger partial charge in [0.05, 0.1) is 26.9 Å². The second-order valence-corrected chi connectivity index (χ2v) is 11.7. The predicted octanol–water partition coefficient (Wildman–Crippen LogP) is 5.34. The van der Waals surface area contributed by atoms with Crippen LogP contribution in [0, 0.1) is 13.8 Å². The van der Waals surface area contributed by atoms with Crippen molar-refractivity contribution in [3.05, 3.63) is 83.2 Å². The summed E-state index contributed by atoms with van der Waals surface area (Å²) in [5, 5.41) is -0.0190. The van der Waals surface area contributed by atoms with Crippen LogP contribution in [0.15, 0.2) is 65.8 Å². The summed E-state index contributed by atoms with van der Waals surface area (Å²) < 4.78 is 26.4. The molecule has 2 aromatic carbocycles. The van der Waals surface area contributed by atoms with E-state index in [1.807, 2.05) is 38.1 Å². The number of thiazole rings is 1. The van der Waals surface area contributed by atoms with Gasteiger partial charge in [-0.2, -0.15) is 0 Å². The number of carbonyl (C=O) groups excluding carboxylic acids is 1. The highest BCUT2D eigenvalue weighted by atomic mass is 32.2. The number of hydrogen-bond acceptors (Lipinski definition) is 6. The number of pyridine rings is 1. The Morgan fingerprint density at radius 3 is 2.58 bits per heavy atom. The molecule has 0 aliphatic carbocycles. The quantitative estimate of drug-likeness (QED) is 0.373. The summed E-state index contributed by atoms with van der Waals surface area (Å²) in [5.41, 5.74) is 4.23. The number of aryl methyl sites for hydroxylation is 2. The average molecular weight is 480 g/mol. The van der Waals surface area contributed by atoms with Gasteiger partial charge >= 0.3 is 0 Å². The molecule has 0 saturated heterocycles. The monoisotopic (exact) mass is 479 g/mol. The zero-order valence-corrected chi connectivity index (χ0v) is 20.6. The molecule has 0 N–H and O–H groups in total. The minimum absolute atomic E-state index is 0.139. The first-order chi connectivity index (χ1) is 15.7. The van der Waals surface area contributed by atoms with Gasteiger partial charge in [0.25, 0.3) is 5.91 Å². The number of sulfone groups is 1. The van der Waals surface area contributed by atoms with Crippen molar-refractivity contribution in [1.82, 2.24) is 9.97 Å². The van der Waals surface area contributed by atoms with Gasteiger partial charge < -0.3 is 0 Å². The fraction of sp³-hybridized carbons (Fsp3) is 0.240. The lowest BCUT2D eigenvalue weighted by molar-refractivity contribution is 0.0985. The third-order valence-electron chi connectivity index (χ3n) is 5.64. The molecule has 4 rings (SSSR count). The van der Waals surface area contributed by atoms with Crippen molar-refractivity contribution < 1.29 is 13.2 Å². The number of benzene rings is 2. The molecule has 0 bridgehead atoms. The molecule has 0 aliphatic heterocycles. The Bertz CT molecular complexity index is 1430. The molecule has 33 heavy (non-hydrogen) atoms. The lowest BCUT2D eigenvalue weighted by Gasteiger charge is -2.20. The van der Waals surface area contributed by atoms with Gasteiger partial charge in [0.15, 0.2) is 15.0 Å². The summed E-state index contributed by atoms with van der Waals surface area (Å²) in [4.78, 5) is 24.4. The number of aromatic nitrogens is 2. The minimum atomic E-state index is -3.51. The third kappa shape index (κ3) is 4.54. The first-order valence-corrected chi connectivity index (χ1v) is 13.0. The number of rotatable bonds is 6. The lowest BCUT2D eigenvalue weighted by atomic mass is 10.1. The second kappa shape index (κ2) is 9.03. The predicted molar refractivity (Wildman–Crippen MR) is 133 cm³/mol. The normalized spacial score (nSPS) is 11.8. The molecule has 2 heterocycles. The Kier molecular flexibility index (Phi) is 6.32. The number of hydrogen-bond donors (Lipinski definition) is 0. The van der Waals surface area contributed by atoms with Gasteiger partial charge in [0, 0.05) is 18.0 Å². The van der Waals surface area contributed by atoms with E-state index in [0.717, 1.165) is 26.9 Å². The fourth-order valence-electron chi connectivity index (χ4n) is 3.46. The molecule has 0 fully saturated rings. The van der Waals surface area contributed by atoms with Crippen molar-refractivity contribution in [2.24, 2.45) is 0 Å². The highest BCUT2D eigenvalue weighted by Gasteiger charge is 2.25. The summed E-state index contributed by atoms with van der Waals surface area (Å²) in [7, 11) is -3.51. The van der Waals surface area contributed by atoms with Crippen molar-refractivity contribution in [2.45, 2.75) is 44.4 Å². The van der Waals surface area contributed by atoms with E-state index in [0.29, 0.717) is 10.7 Å². The van der Waals surface area contributed by atoms with Crippen LogP contribution in [0.1, 0.15) is 40.9 Å². The summed E-state index contributed by atoms with van der Waals surface area (Å²) in [6, 6.07) is 14.0. The second-order valence-electron chi connectivity index (χ2n) is 8.22. The van der Waals surface area contributed by atoms with Crippen LogP contribution in [-0.2, 0) is 16.4 Å². The average Bonchev–Trinajstić information content (AvgIpc) is 3.25. The topological polar surface area (TPSA) is 80.2 Å². The molecule has 1 amide bonds. The minimum Gasteiger partial charge on any atom is -0.279 e. The van der Waals surface area contributed by atoms with E-state index in [-0.39, 0.29) is 17.3 Å². The van der Waals surface area contributed by atoms with E-state index in [9.17, 15) is 13.2 Å². The highest BCUT2D eigenvalue weighted by Crippen LogP contribution is 2.33. The molecular weight excluding hydrogens is 454 g/mol. The zero-order valence-electron chi connectivity index (χ0n) is 18.9. The van der Waals surface area contributed by atoms with E-state index in [4.69, 9.17) is 4.98 Å². The van der Waals surface area contributed by atoms with Crippen molar-refractivity contribution in [3.8, 4) is 0 Å². The Balaban J connectivity index is 1.81. The largest absolute Gasteiger partial charge is 0.279 e. The van der Waals surface area contributed by atoms with Gasteiger partial charge in [-0.25, -0.2) is 13.4 Å². The van der Waals surface area contributed by atoms with Crippen molar-refractivity contribution in [1.29, 1.82) is 0 Å². The molecule has 0 saturated carbocycles. The summed E-state index contributed by atoms with van der Waals surface area (Å²) in [5.74, 6) is -0.312. The molecule has 0 spiro atoms. The van der Waals surface area contributed by atoms with Crippen LogP contribution in [-0.4, -0.2) is 29.5 Å². The van der Waals surface area contributed by atoms with Crippen LogP contribution in [0.3, 0.4) is 0 Å². The molecule has 6 nitrogen and oxygen atoms in total. The van der Waals surface area contributed by atoms with Crippen LogP contribution < -0.4 is 4.90 Å². The summed E-state index contributed by atoms with van der Waals surface area (Å²) in [6.45, 7) is 7.58. The van der Waals surface area contributed by atoms with E-state index in [1.165, 1.54) is 23.5 Å². The van der Waals surface area contributed by atoms with Crippen LogP contribution in [0.2, 0.25) is 0 Å². The number of anilines is 1. The van der Waals surface area contributed by atoms with Gasteiger partial charge in [0.2, 0.25) is 0 Å². The van der Waals surface area contributed by atoms with E-state index in [2.05, 4.69) is 4.98 Å². The SMILES string of the molecule is Cc1ccc2sc(N(Cc3cccnc3)C(=O)c3cccc(S(=O)(=O)C(C)C)c3)nc2c1C. The molecule has 0 unspecified atom stereocenters. The van der Waals surface area contributed by atoms with Gasteiger partial charge in [-0.3, -0.25) is 14.7 Å².